The fourth-order valence-electron chi connectivity index (χ4n) is 3.28. The van der Waals surface area contributed by atoms with Crippen LogP contribution in [0.2, 0.25) is 0 Å². The lowest BCUT2D eigenvalue weighted by molar-refractivity contribution is 0.415. The Labute approximate surface area is 188 Å². The number of nitrogens with zero attached hydrogens (tertiary/aromatic N) is 3. The number of para-hydroxylation sites is 2. The van der Waals surface area contributed by atoms with Crippen molar-refractivity contribution in [2.24, 2.45) is 4.99 Å². The summed E-state index contributed by atoms with van der Waals surface area (Å²) < 4.78 is 5.51. The third kappa shape index (κ3) is 6.23. The van der Waals surface area contributed by atoms with E-state index in [1.54, 1.807) is 18.4 Å². The molecule has 1 aromatic carbocycles. The summed E-state index contributed by atoms with van der Waals surface area (Å²) in [6, 6.07) is 8.58. The van der Waals surface area contributed by atoms with Gasteiger partial charge < -0.3 is 20.3 Å². The minimum absolute atomic E-state index is 0. The van der Waals surface area contributed by atoms with E-state index in [1.165, 1.54) is 4.88 Å². The standard InChI is InChI=1S/C20H29N5OS.HI/c1-4-21-20(22-11-9-19-23-13-15(2)27-19)24-16-10-12-25(14-16)17-7-5-6-8-18(17)26-3;/h5-8,13,16H,4,9-12,14H2,1-3H3,(H2,21,22,24);1H. The number of aromatic nitrogens is 1. The number of halogens is 1. The van der Waals surface area contributed by atoms with Gasteiger partial charge in [-0.1, -0.05) is 12.1 Å². The third-order valence-electron chi connectivity index (χ3n) is 4.56. The number of nitrogens with one attached hydrogen (secondary N) is 2. The van der Waals surface area contributed by atoms with Crippen molar-refractivity contribution in [3.63, 3.8) is 0 Å². The molecule has 1 fully saturated rings. The van der Waals surface area contributed by atoms with E-state index in [2.05, 4.69) is 46.5 Å². The van der Waals surface area contributed by atoms with Crippen LogP contribution in [-0.2, 0) is 6.42 Å². The first kappa shape index (κ1) is 22.7. The summed E-state index contributed by atoms with van der Waals surface area (Å²) in [7, 11) is 1.73. The Morgan fingerprint density at radius 1 is 1.39 bits per heavy atom. The van der Waals surface area contributed by atoms with Gasteiger partial charge in [0.1, 0.15) is 5.75 Å². The van der Waals surface area contributed by atoms with Crippen LogP contribution in [0, 0.1) is 6.92 Å². The van der Waals surface area contributed by atoms with E-state index in [4.69, 9.17) is 9.73 Å². The Morgan fingerprint density at radius 3 is 2.93 bits per heavy atom. The highest BCUT2D eigenvalue weighted by Gasteiger charge is 2.25. The lowest BCUT2D eigenvalue weighted by Crippen LogP contribution is -2.44. The largest absolute Gasteiger partial charge is 0.495 e. The van der Waals surface area contributed by atoms with E-state index >= 15 is 0 Å². The predicted molar refractivity (Wildman–Crippen MR) is 129 cm³/mol. The highest BCUT2D eigenvalue weighted by Crippen LogP contribution is 2.30. The molecular formula is C20H30IN5OS. The molecule has 28 heavy (non-hydrogen) atoms. The fraction of sp³-hybridized carbons (Fsp3) is 0.500. The van der Waals surface area contributed by atoms with Crippen LogP contribution in [0.25, 0.3) is 0 Å². The minimum Gasteiger partial charge on any atom is -0.495 e. The maximum absolute atomic E-state index is 5.51. The van der Waals surface area contributed by atoms with Crippen LogP contribution >= 0.6 is 35.3 Å². The van der Waals surface area contributed by atoms with Gasteiger partial charge in [0.15, 0.2) is 5.96 Å². The molecule has 1 aliphatic rings. The number of ether oxygens (including phenoxy) is 1. The number of hydrogen-bond acceptors (Lipinski definition) is 5. The summed E-state index contributed by atoms with van der Waals surface area (Å²) in [5.74, 6) is 1.81. The molecule has 0 amide bonds. The van der Waals surface area contributed by atoms with Gasteiger partial charge in [0.05, 0.1) is 17.8 Å². The van der Waals surface area contributed by atoms with Crippen molar-refractivity contribution in [2.45, 2.75) is 32.7 Å². The van der Waals surface area contributed by atoms with Gasteiger partial charge in [0, 0.05) is 49.7 Å². The molecule has 0 bridgehead atoms. The summed E-state index contributed by atoms with van der Waals surface area (Å²) in [4.78, 5) is 12.8. The van der Waals surface area contributed by atoms with Crippen molar-refractivity contribution in [2.75, 3.05) is 38.2 Å². The smallest absolute Gasteiger partial charge is 0.191 e. The normalized spacial score (nSPS) is 16.6. The van der Waals surface area contributed by atoms with Crippen molar-refractivity contribution < 1.29 is 4.74 Å². The monoisotopic (exact) mass is 515 g/mol. The Kier molecular flexibility index (Phi) is 9.30. The zero-order valence-electron chi connectivity index (χ0n) is 16.8. The molecule has 0 radical (unpaired) electrons. The van der Waals surface area contributed by atoms with E-state index in [1.807, 2.05) is 18.3 Å². The lowest BCUT2D eigenvalue weighted by Gasteiger charge is -2.22. The van der Waals surface area contributed by atoms with Crippen LogP contribution in [-0.4, -0.2) is 50.3 Å². The second-order valence-electron chi connectivity index (χ2n) is 6.62. The zero-order valence-corrected chi connectivity index (χ0v) is 19.9. The fourth-order valence-corrected chi connectivity index (χ4v) is 4.06. The molecule has 1 saturated heterocycles. The summed E-state index contributed by atoms with van der Waals surface area (Å²) in [5, 5.41) is 8.09. The van der Waals surface area contributed by atoms with Crippen molar-refractivity contribution >= 4 is 47.0 Å². The van der Waals surface area contributed by atoms with Crippen LogP contribution in [0.15, 0.2) is 35.5 Å². The van der Waals surface area contributed by atoms with Crippen LogP contribution < -0.4 is 20.3 Å². The Hall–Kier alpha value is -1.55. The molecular weight excluding hydrogens is 485 g/mol. The molecule has 8 heteroatoms. The number of methoxy groups -OCH3 is 1. The molecule has 1 aromatic heterocycles. The number of aryl methyl sites for hydroxylation is 1. The topological polar surface area (TPSA) is 61.8 Å². The van der Waals surface area contributed by atoms with Crippen molar-refractivity contribution in [3.8, 4) is 5.75 Å². The molecule has 2 heterocycles. The summed E-state index contributed by atoms with van der Waals surface area (Å²) in [5.41, 5.74) is 1.16. The quantitative estimate of drug-likeness (QED) is 0.336. The molecule has 0 saturated carbocycles. The maximum atomic E-state index is 5.51. The molecule has 1 atom stereocenters. The second kappa shape index (κ2) is 11.5. The van der Waals surface area contributed by atoms with Gasteiger partial charge in [-0.25, -0.2) is 4.98 Å². The van der Waals surface area contributed by atoms with E-state index in [9.17, 15) is 0 Å². The van der Waals surface area contributed by atoms with Crippen LogP contribution in [0.3, 0.4) is 0 Å². The highest BCUT2D eigenvalue weighted by atomic mass is 127. The number of guanidine groups is 1. The molecule has 0 aliphatic carbocycles. The third-order valence-corrected chi connectivity index (χ3v) is 5.54. The van der Waals surface area contributed by atoms with Gasteiger partial charge >= 0.3 is 0 Å². The molecule has 6 nitrogen and oxygen atoms in total. The van der Waals surface area contributed by atoms with Gasteiger partial charge in [-0.05, 0) is 32.4 Å². The van der Waals surface area contributed by atoms with Gasteiger partial charge in [-0.3, -0.25) is 4.99 Å². The number of aliphatic imine (C=N–C) groups is 1. The number of rotatable bonds is 7. The molecule has 2 aromatic rings. The maximum Gasteiger partial charge on any atom is 0.191 e. The molecule has 3 rings (SSSR count). The van der Waals surface area contributed by atoms with E-state index in [0.717, 1.165) is 61.4 Å². The minimum atomic E-state index is 0. The van der Waals surface area contributed by atoms with Gasteiger partial charge in [0.2, 0.25) is 0 Å². The second-order valence-corrected chi connectivity index (χ2v) is 7.94. The van der Waals surface area contributed by atoms with Crippen LogP contribution in [0.1, 0.15) is 23.2 Å². The Balaban J connectivity index is 0.00000280. The summed E-state index contributed by atoms with van der Waals surface area (Å²) in [6.07, 6.45) is 3.89. The van der Waals surface area contributed by atoms with Crippen molar-refractivity contribution in [1.82, 2.24) is 15.6 Å². The van der Waals surface area contributed by atoms with Crippen molar-refractivity contribution in [1.29, 1.82) is 0 Å². The van der Waals surface area contributed by atoms with E-state index in [0.29, 0.717) is 6.04 Å². The Bertz CT molecular complexity index is 767. The number of benzene rings is 1. The van der Waals surface area contributed by atoms with Crippen LogP contribution in [0.4, 0.5) is 5.69 Å². The molecule has 0 spiro atoms. The lowest BCUT2D eigenvalue weighted by atomic mass is 10.2. The molecule has 1 aliphatic heterocycles. The van der Waals surface area contributed by atoms with Gasteiger partial charge in [0.25, 0.3) is 0 Å². The average Bonchev–Trinajstić information content (AvgIpc) is 3.31. The summed E-state index contributed by atoms with van der Waals surface area (Å²) in [6.45, 7) is 7.73. The number of anilines is 1. The first-order chi connectivity index (χ1) is 13.2. The molecule has 2 N–H and O–H groups in total. The number of thiazole rings is 1. The van der Waals surface area contributed by atoms with Crippen molar-refractivity contribution in [3.05, 3.63) is 40.3 Å². The first-order valence-electron chi connectivity index (χ1n) is 9.53. The average molecular weight is 515 g/mol. The van der Waals surface area contributed by atoms with Gasteiger partial charge in [-0.15, -0.1) is 35.3 Å². The molecule has 154 valence electrons. The predicted octanol–water partition coefficient (Wildman–Crippen LogP) is 3.45. The number of hydrogen-bond donors (Lipinski definition) is 2. The SMILES string of the molecule is CCNC(=NCCc1ncc(C)s1)NC1CCN(c2ccccc2OC)C1.I. The zero-order chi connectivity index (χ0) is 19.1. The molecule has 1 unspecified atom stereocenters. The van der Waals surface area contributed by atoms with E-state index < -0.39 is 0 Å². The van der Waals surface area contributed by atoms with Crippen LogP contribution in [0.5, 0.6) is 5.75 Å². The highest BCUT2D eigenvalue weighted by molar-refractivity contribution is 14.0. The first-order valence-corrected chi connectivity index (χ1v) is 10.4. The van der Waals surface area contributed by atoms with Gasteiger partial charge in [-0.2, -0.15) is 0 Å². The Morgan fingerprint density at radius 2 is 2.21 bits per heavy atom. The van der Waals surface area contributed by atoms with E-state index in [-0.39, 0.29) is 24.0 Å². The summed E-state index contributed by atoms with van der Waals surface area (Å²) >= 11 is 1.75.